The number of amides is 2. The molecule has 1 saturated carbocycles. The minimum absolute atomic E-state index is 0.0635. The third kappa shape index (κ3) is 5.51. The lowest BCUT2D eigenvalue weighted by atomic mass is 9.84. The van der Waals surface area contributed by atoms with E-state index in [9.17, 15) is 9.59 Å². The van der Waals surface area contributed by atoms with Crippen LogP contribution in [0.2, 0.25) is 0 Å². The Hall–Kier alpha value is -1.96. The molecule has 0 radical (unpaired) electrons. The molecule has 2 aliphatic rings. The topological polar surface area (TPSA) is 109 Å². The van der Waals surface area contributed by atoms with Crippen LogP contribution in [0.1, 0.15) is 93.1 Å². The van der Waals surface area contributed by atoms with Crippen LogP contribution in [0.25, 0.3) is 0 Å². The largest absolute Gasteiger partial charge is 0.338 e. The summed E-state index contributed by atoms with van der Waals surface area (Å²) in [5.74, 6) is 0.158. The molecular weight excluding hydrogens is 348 g/mol. The van der Waals surface area contributed by atoms with Crippen LogP contribution in [0.15, 0.2) is 4.52 Å². The fraction of sp³-hybridized carbons (Fsp3) is 0.789. The first-order valence-corrected chi connectivity index (χ1v) is 10.2. The van der Waals surface area contributed by atoms with Crippen LogP contribution in [0.5, 0.6) is 0 Å². The molecule has 1 aromatic rings. The molecule has 0 bridgehead atoms. The van der Waals surface area contributed by atoms with Gasteiger partial charge >= 0.3 is 0 Å². The molecule has 3 rings (SSSR count). The van der Waals surface area contributed by atoms with Gasteiger partial charge in [-0.3, -0.25) is 14.8 Å². The molecule has 0 spiro atoms. The normalized spacial score (nSPS) is 19.2. The molecule has 1 saturated heterocycles. The summed E-state index contributed by atoms with van der Waals surface area (Å²) in [5.41, 5.74) is 1.68. The fourth-order valence-corrected chi connectivity index (χ4v) is 4.26. The zero-order valence-electron chi connectivity index (χ0n) is 15.9. The van der Waals surface area contributed by atoms with Crippen LogP contribution in [0, 0.1) is 5.92 Å². The number of carbonyl (C=O) groups excluding carboxylic acids is 2. The van der Waals surface area contributed by atoms with E-state index in [0.717, 1.165) is 51.1 Å². The molecule has 8 heteroatoms. The van der Waals surface area contributed by atoms with Crippen molar-refractivity contribution >= 4 is 11.8 Å². The summed E-state index contributed by atoms with van der Waals surface area (Å²) >= 11 is 0. The van der Waals surface area contributed by atoms with Crippen molar-refractivity contribution in [1.29, 1.82) is 0 Å². The molecule has 2 amide bonds. The Bertz CT molecular complexity index is 621. The molecule has 8 nitrogen and oxygen atoms in total. The monoisotopic (exact) mass is 378 g/mol. The van der Waals surface area contributed by atoms with Gasteiger partial charge in [0, 0.05) is 25.4 Å². The van der Waals surface area contributed by atoms with Gasteiger partial charge in [0.05, 0.1) is 0 Å². The number of rotatable bonds is 8. The van der Waals surface area contributed by atoms with Crippen molar-refractivity contribution in [3.63, 3.8) is 0 Å². The van der Waals surface area contributed by atoms with E-state index in [1.807, 2.05) is 0 Å². The Morgan fingerprint density at radius 1 is 1.19 bits per heavy atom. The van der Waals surface area contributed by atoms with Gasteiger partial charge in [-0.2, -0.15) is 4.98 Å². The second-order valence-electron chi connectivity index (χ2n) is 7.83. The third-order valence-electron chi connectivity index (χ3n) is 5.82. The summed E-state index contributed by atoms with van der Waals surface area (Å²) in [6.07, 6.45) is 11.4. The highest BCUT2D eigenvalue weighted by molar-refractivity contribution is 5.90. The predicted molar refractivity (Wildman–Crippen MR) is 97.1 cm³/mol. The number of likely N-dealkylation sites (tertiary alicyclic amines) is 1. The average Bonchev–Trinajstić information content (AvgIpc) is 3.39. The molecule has 1 aliphatic heterocycles. The van der Waals surface area contributed by atoms with Crippen molar-refractivity contribution in [3.05, 3.63) is 11.7 Å². The van der Waals surface area contributed by atoms with Gasteiger partial charge in [0.25, 0.3) is 11.7 Å². The second-order valence-corrected chi connectivity index (χ2v) is 7.83. The maximum Gasteiger partial charge on any atom is 0.295 e. The van der Waals surface area contributed by atoms with Crippen molar-refractivity contribution in [2.75, 3.05) is 13.1 Å². The maximum absolute atomic E-state index is 12.4. The van der Waals surface area contributed by atoms with Gasteiger partial charge in [0.1, 0.15) is 0 Å². The lowest BCUT2D eigenvalue weighted by molar-refractivity contribution is -0.129. The highest BCUT2D eigenvalue weighted by Gasteiger charge is 2.28. The summed E-state index contributed by atoms with van der Waals surface area (Å²) in [5, 5.41) is 12.7. The molecule has 0 aromatic carbocycles. The van der Waals surface area contributed by atoms with Gasteiger partial charge in [-0.1, -0.05) is 50.1 Å². The first kappa shape index (κ1) is 19.8. The number of hydrogen-bond donors (Lipinski definition) is 2. The Morgan fingerprint density at radius 3 is 2.63 bits per heavy atom. The van der Waals surface area contributed by atoms with E-state index in [2.05, 4.69) is 10.1 Å². The summed E-state index contributed by atoms with van der Waals surface area (Å²) in [6, 6.07) is 0. The maximum atomic E-state index is 12.4. The van der Waals surface area contributed by atoms with Crippen molar-refractivity contribution in [3.8, 4) is 0 Å². The fourth-order valence-electron chi connectivity index (χ4n) is 4.26. The molecule has 2 fully saturated rings. The SMILES string of the molecule is O=C(C[C@@H](CCCC1CCCCC1)c1nc(C(=O)N2CCCC2)no1)NO. The minimum atomic E-state index is -0.483. The van der Waals surface area contributed by atoms with Crippen molar-refractivity contribution in [1.82, 2.24) is 20.5 Å². The van der Waals surface area contributed by atoms with Crippen molar-refractivity contribution < 1.29 is 19.3 Å². The number of carbonyl (C=O) groups is 2. The smallest absolute Gasteiger partial charge is 0.295 e. The van der Waals surface area contributed by atoms with E-state index in [-0.39, 0.29) is 24.1 Å². The van der Waals surface area contributed by atoms with E-state index in [4.69, 9.17) is 9.73 Å². The summed E-state index contributed by atoms with van der Waals surface area (Å²) in [6.45, 7) is 1.45. The highest BCUT2D eigenvalue weighted by atomic mass is 16.5. The zero-order chi connectivity index (χ0) is 19.1. The Morgan fingerprint density at radius 2 is 1.93 bits per heavy atom. The number of nitrogens with one attached hydrogen (secondary N) is 1. The second kappa shape index (κ2) is 9.82. The predicted octanol–water partition coefficient (Wildman–Crippen LogP) is 3.04. The number of nitrogens with zero attached hydrogens (tertiary/aromatic N) is 3. The highest BCUT2D eigenvalue weighted by Crippen LogP contribution is 2.31. The summed E-state index contributed by atoms with van der Waals surface area (Å²) in [7, 11) is 0. The quantitative estimate of drug-likeness (QED) is 0.532. The minimum Gasteiger partial charge on any atom is -0.338 e. The van der Waals surface area contributed by atoms with Crippen LogP contribution in [-0.2, 0) is 4.79 Å². The standard InChI is InChI=1S/C19H30N4O4/c24-16(21-26)13-15(10-6-9-14-7-2-1-3-8-14)18-20-17(22-27-18)19(25)23-11-4-5-12-23/h14-15,26H,1-13H2,(H,21,24)/t15-/m1/s1. The molecule has 2 N–H and O–H groups in total. The van der Waals surface area contributed by atoms with E-state index in [1.165, 1.54) is 32.1 Å². The third-order valence-corrected chi connectivity index (χ3v) is 5.82. The lowest BCUT2D eigenvalue weighted by Gasteiger charge is -2.22. The van der Waals surface area contributed by atoms with Crippen LogP contribution < -0.4 is 5.48 Å². The van der Waals surface area contributed by atoms with Gasteiger partial charge in [-0.15, -0.1) is 0 Å². The Labute approximate surface area is 159 Å². The van der Waals surface area contributed by atoms with Crippen LogP contribution in [0.4, 0.5) is 0 Å². The van der Waals surface area contributed by atoms with Gasteiger partial charge < -0.3 is 9.42 Å². The van der Waals surface area contributed by atoms with Crippen molar-refractivity contribution in [2.24, 2.45) is 5.92 Å². The number of hydrogen-bond acceptors (Lipinski definition) is 6. The number of aromatic nitrogens is 2. The molecule has 1 aromatic heterocycles. The summed E-state index contributed by atoms with van der Waals surface area (Å²) < 4.78 is 5.33. The molecule has 27 heavy (non-hydrogen) atoms. The van der Waals surface area contributed by atoms with Gasteiger partial charge in [0.2, 0.25) is 11.8 Å². The Kier molecular flexibility index (Phi) is 7.20. The zero-order valence-corrected chi connectivity index (χ0v) is 15.9. The first-order chi connectivity index (χ1) is 13.2. The molecule has 0 unspecified atom stereocenters. The molecule has 2 heterocycles. The van der Waals surface area contributed by atoms with Crippen LogP contribution >= 0.6 is 0 Å². The van der Waals surface area contributed by atoms with E-state index in [0.29, 0.717) is 5.89 Å². The average molecular weight is 378 g/mol. The lowest BCUT2D eigenvalue weighted by Crippen LogP contribution is -2.28. The van der Waals surface area contributed by atoms with E-state index >= 15 is 0 Å². The van der Waals surface area contributed by atoms with E-state index in [1.54, 1.807) is 10.4 Å². The Balaban J connectivity index is 1.59. The van der Waals surface area contributed by atoms with Gasteiger partial charge in [0.15, 0.2) is 0 Å². The first-order valence-electron chi connectivity index (χ1n) is 10.2. The molecule has 1 atom stereocenters. The van der Waals surface area contributed by atoms with Crippen molar-refractivity contribution in [2.45, 2.75) is 76.5 Å². The molecule has 150 valence electrons. The van der Waals surface area contributed by atoms with Crippen LogP contribution in [-0.4, -0.2) is 45.2 Å². The van der Waals surface area contributed by atoms with Gasteiger partial charge in [-0.25, -0.2) is 5.48 Å². The molecule has 1 aliphatic carbocycles. The van der Waals surface area contributed by atoms with Crippen LogP contribution in [0.3, 0.4) is 0 Å². The van der Waals surface area contributed by atoms with E-state index < -0.39 is 5.91 Å². The summed E-state index contributed by atoms with van der Waals surface area (Å²) in [4.78, 5) is 30.1. The molecular formula is C19H30N4O4. The number of hydroxylamine groups is 1. The van der Waals surface area contributed by atoms with Gasteiger partial charge in [-0.05, 0) is 25.2 Å².